The van der Waals surface area contributed by atoms with Crippen LogP contribution >= 0.6 is 0 Å². The van der Waals surface area contributed by atoms with Crippen molar-refractivity contribution < 1.29 is 4.74 Å². The standard InChI is InChI=1S/C18H32N6O/c1-3-5-15-25-16-7-10-22-17(19-4-2)23-11-13-24(14-12-23)18-20-8-6-9-21-18/h6,8-9H,3-5,7,10-16H2,1-2H3,(H,19,22). The molecular formula is C18H32N6O. The summed E-state index contributed by atoms with van der Waals surface area (Å²) >= 11 is 0. The molecule has 1 aliphatic rings. The number of hydrogen-bond donors (Lipinski definition) is 1. The molecular weight excluding hydrogens is 316 g/mol. The first-order valence-corrected chi connectivity index (χ1v) is 9.48. The first-order valence-electron chi connectivity index (χ1n) is 9.48. The number of piperazine rings is 1. The third-order valence-corrected chi connectivity index (χ3v) is 4.10. The molecule has 7 nitrogen and oxygen atoms in total. The van der Waals surface area contributed by atoms with Gasteiger partial charge in [-0.05, 0) is 25.8 Å². The van der Waals surface area contributed by atoms with E-state index in [0.717, 1.165) is 77.2 Å². The molecule has 0 saturated carbocycles. The molecule has 1 fully saturated rings. The van der Waals surface area contributed by atoms with E-state index in [0.29, 0.717) is 0 Å². The Balaban J connectivity index is 1.75. The lowest BCUT2D eigenvalue weighted by Crippen LogP contribution is -2.53. The Hall–Kier alpha value is -1.89. The molecule has 140 valence electrons. The lowest BCUT2D eigenvalue weighted by atomic mass is 10.3. The van der Waals surface area contributed by atoms with Crippen LogP contribution in [0.4, 0.5) is 5.95 Å². The van der Waals surface area contributed by atoms with E-state index in [1.165, 1.54) is 6.42 Å². The number of rotatable bonds is 9. The fourth-order valence-electron chi connectivity index (χ4n) is 2.70. The van der Waals surface area contributed by atoms with E-state index in [1.807, 2.05) is 6.07 Å². The van der Waals surface area contributed by atoms with Crippen LogP contribution in [0.15, 0.2) is 23.5 Å². The van der Waals surface area contributed by atoms with Crippen molar-refractivity contribution in [1.82, 2.24) is 20.2 Å². The molecule has 0 aliphatic carbocycles. The summed E-state index contributed by atoms with van der Waals surface area (Å²) in [7, 11) is 0. The molecule has 0 aromatic carbocycles. The number of hydrogen-bond acceptors (Lipinski definition) is 5. The molecule has 1 aromatic rings. The van der Waals surface area contributed by atoms with E-state index in [9.17, 15) is 0 Å². The first-order chi connectivity index (χ1) is 12.3. The van der Waals surface area contributed by atoms with Crippen LogP contribution in [-0.4, -0.2) is 73.3 Å². The second-order valence-corrected chi connectivity index (χ2v) is 6.08. The minimum absolute atomic E-state index is 0.794. The fourth-order valence-corrected chi connectivity index (χ4v) is 2.70. The summed E-state index contributed by atoms with van der Waals surface area (Å²) in [6.07, 6.45) is 6.88. The Morgan fingerprint density at radius 2 is 1.84 bits per heavy atom. The molecule has 2 rings (SSSR count). The van der Waals surface area contributed by atoms with Gasteiger partial charge in [-0.3, -0.25) is 4.99 Å². The average Bonchev–Trinajstić information content (AvgIpc) is 2.67. The van der Waals surface area contributed by atoms with Gasteiger partial charge in [0.1, 0.15) is 0 Å². The molecule has 0 amide bonds. The maximum atomic E-state index is 5.60. The van der Waals surface area contributed by atoms with Crippen molar-refractivity contribution >= 4 is 11.9 Å². The smallest absolute Gasteiger partial charge is 0.225 e. The highest BCUT2D eigenvalue weighted by molar-refractivity contribution is 5.80. The van der Waals surface area contributed by atoms with E-state index in [2.05, 4.69) is 38.9 Å². The van der Waals surface area contributed by atoms with Gasteiger partial charge in [0.05, 0.1) is 0 Å². The van der Waals surface area contributed by atoms with Crippen molar-refractivity contribution in [2.75, 3.05) is 57.4 Å². The van der Waals surface area contributed by atoms with Gasteiger partial charge >= 0.3 is 0 Å². The molecule has 7 heteroatoms. The summed E-state index contributed by atoms with van der Waals surface area (Å²) < 4.78 is 5.60. The summed E-state index contributed by atoms with van der Waals surface area (Å²) in [5, 5.41) is 3.40. The van der Waals surface area contributed by atoms with Crippen molar-refractivity contribution in [3.05, 3.63) is 18.5 Å². The Bertz CT molecular complexity index is 488. The predicted molar refractivity (Wildman–Crippen MR) is 102 cm³/mol. The molecule has 0 spiro atoms. The Kier molecular flexibility index (Phi) is 9.04. The van der Waals surface area contributed by atoms with Gasteiger partial charge in [0.15, 0.2) is 5.96 Å². The zero-order valence-corrected chi connectivity index (χ0v) is 15.7. The van der Waals surface area contributed by atoms with E-state index in [4.69, 9.17) is 9.73 Å². The van der Waals surface area contributed by atoms with Crippen LogP contribution in [0.2, 0.25) is 0 Å². The quantitative estimate of drug-likeness (QED) is 0.417. The monoisotopic (exact) mass is 348 g/mol. The predicted octanol–water partition coefficient (Wildman–Crippen LogP) is 1.77. The molecule has 0 atom stereocenters. The summed E-state index contributed by atoms with van der Waals surface area (Å²) in [6, 6.07) is 1.85. The minimum Gasteiger partial charge on any atom is -0.381 e. The van der Waals surface area contributed by atoms with Crippen LogP contribution in [-0.2, 0) is 4.74 Å². The molecule has 1 N–H and O–H groups in total. The highest BCUT2D eigenvalue weighted by Crippen LogP contribution is 2.09. The molecule has 0 unspecified atom stereocenters. The number of guanidine groups is 1. The van der Waals surface area contributed by atoms with Crippen LogP contribution in [0.25, 0.3) is 0 Å². The van der Waals surface area contributed by atoms with Crippen molar-refractivity contribution in [3.63, 3.8) is 0 Å². The van der Waals surface area contributed by atoms with Crippen LogP contribution < -0.4 is 10.2 Å². The highest BCUT2D eigenvalue weighted by Gasteiger charge is 2.20. The van der Waals surface area contributed by atoms with Gasteiger partial charge in [0.2, 0.25) is 5.95 Å². The van der Waals surface area contributed by atoms with Crippen LogP contribution in [0.1, 0.15) is 33.1 Å². The number of aliphatic imine (C=N–C) groups is 1. The third kappa shape index (κ3) is 6.86. The Morgan fingerprint density at radius 3 is 2.52 bits per heavy atom. The summed E-state index contributed by atoms with van der Waals surface area (Å²) in [4.78, 5) is 18.0. The zero-order valence-electron chi connectivity index (χ0n) is 15.7. The van der Waals surface area contributed by atoms with Crippen LogP contribution in [0.3, 0.4) is 0 Å². The molecule has 25 heavy (non-hydrogen) atoms. The number of ether oxygens (including phenoxy) is 1. The van der Waals surface area contributed by atoms with Gasteiger partial charge in [-0.1, -0.05) is 13.3 Å². The second-order valence-electron chi connectivity index (χ2n) is 6.08. The number of nitrogens with one attached hydrogen (secondary N) is 1. The number of nitrogens with zero attached hydrogens (tertiary/aromatic N) is 5. The third-order valence-electron chi connectivity index (χ3n) is 4.10. The molecule has 0 bridgehead atoms. The van der Waals surface area contributed by atoms with Gasteiger partial charge < -0.3 is 19.9 Å². The van der Waals surface area contributed by atoms with Crippen LogP contribution in [0, 0.1) is 0 Å². The Morgan fingerprint density at radius 1 is 1.12 bits per heavy atom. The molecule has 1 saturated heterocycles. The van der Waals surface area contributed by atoms with Crippen molar-refractivity contribution in [2.24, 2.45) is 4.99 Å². The topological polar surface area (TPSA) is 65.9 Å². The zero-order chi connectivity index (χ0) is 17.7. The van der Waals surface area contributed by atoms with Gasteiger partial charge in [-0.15, -0.1) is 0 Å². The summed E-state index contributed by atoms with van der Waals surface area (Å²) in [6.45, 7) is 11.3. The number of unbranched alkanes of at least 4 members (excludes halogenated alkanes) is 1. The maximum absolute atomic E-state index is 5.60. The fraction of sp³-hybridized carbons (Fsp3) is 0.722. The highest BCUT2D eigenvalue weighted by atomic mass is 16.5. The molecule has 1 aliphatic heterocycles. The van der Waals surface area contributed by atoms with Crippen molar-refractivity contribution in [3.8, 4) is 0 Å². The lowest BCUT2D eigenvalue weighted by Gasteiger charge is -2.36. The SMILES string of the molecule is CCCCOCCCN=C(NCC)N1CCN(c2ncccn2)CC1. The number of anilines is 1. The molecule has 2 heterocycles. The van der Waals surface area contributed by atoms with Gasteiger partial charge in [-0.2, -0.15) is 0 Å². The second kappa shape index (κ2) is 11.6. The normalized spacial score (nSPS) is 15.5. The van der Waals surface area contributed by atoms with Gasteiger partial charge in [0, 0.05) is 64.9 Å². The van der Waals surface area contributed by atoms with Gasteiger partial charge in [-0.25, -0.2) is 9.97 Å². The average molecular weight is 348 g/mol. The van der Waals surface area contributed by atoms with Crippen LogP contribution in [0.5, 0.6) is 0 Å². The van der Waals surface area contributed by atoms with E-state index in [1.54, 1.807) is 12.4 Å². The van der Waals surface area contributed by atoms with E-state index in [-0.39, 0.29) is 0 Å². The summed E-state index contributed by atoms with van der Waals surface area (Å²) in [5.41, 5.74) is 0. The van der Waals surface area contributed by atoms with E-state index >= 15 is 0 Å². The largest absolute Gasteiger partial charge is 0.381 e. The van der Waals surface area contributed by atoms with Gasteiger partial charge in [0.25, 0.3) is 0 Å². The van der Waals surface area contributed by atoms with Crippen molar-refractivity contribution in [1.29, 1.82) is 0 Å². The minimum atomic E-state index is 0.794. The Labute approximate surface area is 151 Å². The number of aromatic nitrogens is 2. The maximum Gasteiger partial charge on any atom is 0.225 e. The van der Waals surface area contributed by atoms with E-state index < -0.39 is 0 Å². The summed E-state index contributed by atoms with van der Waals surface area (Å²) in [5.74, 6) is 1.82. The molecule has 0 radical (unpaired) electrons. The lowest BCUT2D eigenvalue weighted by molar-refractivity contribution is 0.130. The first kappa shape index (κ1) is 19.4. The molecule has 1 aromatic heterocycles. The van der Waals surface area contributed by atoms with Crippen molar-refractivity contribution in [2.45, 2.75) is 33.1 Å².